The monoisotopic (exact) mass is 753 g/mol. The van der Waals surface area contributed by atoms with Gasteiger partial charge in [-0.25, -0.2) is 5.56 Å². The Labute approximate surface area is 274 Å². The van der Waals surface area contributed by atoms with Crippen molar-refractivity contribution in [3.8, 4) is 22.3 Å². The van der Waals surface area contributed by atoms with Crippen molar-refractivity contribution in [2.24, 2.45) is 16.7 Å². The first-order valence-electron chi connectivity index (χ1n) is 15.0. The molecule has 0 spiro atoms. The van der Waals surface area contributed by atoms with Crippen molar-refractivity contribution in [3.05, 3.63) is 107 Å². The molecule has 0 saturated carbocycles. The molecule has 0 fully saturated rings. The van der Waals surface area contributed by atoms with Gasteiger partial charge in [0.15, 0.2) is 5.78 Å². The summed E-state index contributed by atoms with van der Waals surface area (Å²) in [6.07, 6.45) is 2.39. The fourth-order valence-corrected chi connectivity index (χ4v) is 4.63. The number of allylic oxidation sites excluding steroid dienone is 2. The first-order valence-corrected chi connectivity index (χ1v) is 15.0. The molecule has 0 aliphatic carbocycles. The minimum Gasteiger partial charge on any atom is -0.512 e. The molecule has 43 heavy (non-hydrogen) atoms. The van der Waals surface area contributed by atoms with E-state index in [-0.39, 0.29) is 37.1 Å². The van der Waals surface area contributed by atoms with Gasteiger partial charge in [-0.1, -0.05) is 117 Å². The van der Waals surface area contributed by atoms with E-state index in [4.69, 9.17) is 0 Å². The molecule has 0 aliphatic rings. The van der Waals surface area contributed by atoms with Crippen molar-refractivity contribution in [3.63, 3.8) is 0 Å². The Balaban J connectivity index is 0.000000394. The van der Waals surface area contributed by atoms with Crippen LogP contribution >= 0.6 is 0 Å². The van der Waals surface area contributed by atoms with E-state index in [0.717, 1.165) is 17.5 Å². The Morgan fingerprint density at radius 2 is 1.35 bits per heavy atom. The van der Waals surface area contributed by atoms with Crippen LogP contribution in [0.15, 0.2) is 72.5 Å². The van der Waals surface area contributed by atoms with Gasteiger partial charge < -0.3 is 5.11 Å². The van der Waals surface area contributed by atoms with E-state index in [9.17, 15) is 9.90 Å². The molecule has 0 aliphatic heterocycles. The van der Waals surface area contributed by atoms with Crippen LogP contribution in [0.25, 0.3) is 33.0 Å². The van der Waals surface area contributed by atoms with Crippen molar-refractivity contribution in [2.75, 3.05) is 0 Å². The summed E-state index contributed by atoms with van der Waals surface area (Å²) in [6, 6.07) is 29.5. The standard InChI is InChI=1S/C29H28.C11H20O2.Ir/c1-19(2)12-28-17-27(26-14-21(4)13-22(5)15-26)16-25-11-10-24(18-29(25)28)23-8-6-20(3)7-9-23;1-10(2,3)8(12)7-9(13)11(4,5)6;/h6-11,13-14,17-19H,12H2,1-5H3;7,12H,1-6H3;/q-2;;/b;8-7-;. The van der Waals surface area contributed by atoms with Crippen LogP contribution in [-0.2, 0) is 31.3 Å². The Morgan fingerprint density at radius 3 is 1.88 bits per heavy atom. The number of aliphatic hydroxyl groups excluding tert-OH is 1. The van der Waals surface area contributed by atoms with Gasteiger partial charge in [-0.3, -0.25) is 4.79 Å². The van der Waals surface area contributed by atoms with E-state index in [2.05, 4.69) is 107 Å². The van der Waals surface area contributed by atoms with Gasteiger partial charge in [-0.15, -0.1) is 34.2 Å². The van der Waals surface area contributed by atoms with Crippen LogP contribution in [-0.4, -0.2) is 10.9 Å². The van der Waals surface area contributed by atoms with Crippen LogP contribution in [0.2, 0.25) is 0 Å². The molecule has 0 bridgehead atoms. The minimum absolute atomic E-state index is 0. The summed E-state index contributed by atoms with van der Waals surface area (Å²) in [5.74, 6) is 0.701. The first kappa shape index (κ1) is 36.2. The summed E-state index contributed by atoms with van der Waals surface area (Å²) in [4.78, 5) is 11.5. The molecule has 0 aromatic heterocycles. The predicted molar refractivity (Wildman–Crippen MR) is 180 cm³/mol. The zero-order valence-electron chi connectivity index (χ0n) is 27.8. The maximum absolute atomic E-state index is 11.5. The molecule has 2 nitrogen and oxygen atoms in total. The molecule has 0 amide bonds. The number of aliphatic hydroxyl groups is 1. The number of carbonyl (C=O) groups is 1. The largest absolute Gasteiger partial charge is 0.512 e. The third-order valence-corrected chi connectivity index (χ3v) is 7.18. The molecular weight excluding hydrogens is 705 g/mol. The summed E-state index contributed by atoms with van der Waals surface area (Å²) in [5, 5.41) is 12.1. The Hall–Kier alpha value is -3.00. The Bertz CT molecular complexity index is 1560. The average molecular weight is 753 g/mol. The second kappa shape index (κ2) is 14.6. The Kier molecular flexibility index (Phi) is 12.3. The maximum Gasteiger partial charge on any atom is 0.164 e. The molecule has 231 valence electrons. The smallest absolute Gasteiger partial charge is 0.164 e. The quantitative estimate of drug-likeness (QED) is 0.125. The first-order chi connectivity index (χ1) is 19.4. The average Bonchev–Trinajstić information content (AvgIpc) is 2.87. The van der Waals surface area contributed by atoms with Gasteiger partial charge in [0.2, 0.25) is 0 Å². The van der Waals surface area contributed by atoms with Crippen molar-refractivity contribution in [1.29, 1.82) is 0 Å². The number of benzene rings is 4. The molecular formula is C40H48IrO2-2. The van der Waals surface area contributed by atoms with E-state index < -0.39 is 5.41 Å². The molecule has 0 unspecified atom stereocenters. The normalized spacial score (nSPS) is 12.0. The number of carbonyl (C=O) groups excluding carboxylic acids is 1. The molecule has 4 aromatic rings. The number of rotatable bonds is 5. The molecule has 1 radical (unpaired) electrons. The van der Waals surface area contributed by atoms with Crippen LogP contribution in [0.1, 0.15) is 77.6 Å². The molecule has 0 saturated heterocycles. The van der Waals surface area contributed by atoms with E-state index in [1.165, 1.54) is 50.2 Å². The molecule has 0 heterocycles. The fourth-order valence-electron chi connectivity index (χ4n) is 4.63. The Morgan fingerprint density at radius 1 is 0.767 bits per heavy atom. The van der Waals surface area contributed by atoms with Crippen LogP contribution in [0.3, 0.4) is 0 Å². The van der Waals surface area contributed by atoms with Crippen LogP contribution < -0.4 is 0 Å². The van der Waals surface area contributed by atoms with Crippen LogP contribution in [0.5, 0.6) is 0 Å². The zero-order valence-corrected chi connectivity index (χ0v) is 30.2. The zero-order chi connectivity index (χ0) is 31.4. The number of hydrogen-bond donors (Lipinski definition) is 1. The summed E-state index contributed by atoms with van der Waals surface area (Å²) in [6.45, 7) is 22.1. The van der Waals surface area contributed by atoms with Gasteiger partial charge in [-0.05, 0) is 30.4 Å². The number of hydrogen-bond acceptors (Lipinski definition) is 2. The third kappa shape index (κ3) is 10.3. The number of aryl methyl sites for hydroxylation is 3. The van der Waals surface area contributed by atoms with Gasteiger partial charge in [0.1, 0.15) is 5.76 Å². The topological polar surface area (TPSA) is 37.3 Å². The number of fused-ring (bicyclic) bond motifs is 1. The molecule has 0 atom stereocenters. The molecule has 3 heteroatoms. The van der Waals surface area contributed by atoms with Crippen LogP contribution in [0.4, 0.5) is 0 Å². The van der Waals surface area contributed by atoms with E-state index in [1.807, 2.05) is 41.5 Å². The molecule has 4 aromatic carbocycles. The van der Waals surface area contributed by atoms with Gasteiger partial charge in [0.25, 0.3) is 0 Å². The summed E-state index contributed by atoms with van der Waals surface area (Å²) in [5.41, 5.74) is 9.17. The number of ketones is 1. The van der Waals surface area contributed by atoms with Gasteiger partial charge >= 0.3 is 0 Å². The van der Waals surface area contributed by atoms with E-state index >= 15 is 0 Å². The minimum atomic E-state index is -0.417. The van der Waals surface area contributed by atoms with Gasteiger partial charge in [-0.2, -0.15) is 29.8 Å². The second-order valence-electron chi connectivity index (χ2n) is 14.1. The van der Waals surface area contributed by atoms with Crippen molar-refractivity contribution < 1.29 is 30.0 Å². The maximum atomic E-state index is 11.5. The predicted octanol–water partition coefficient (Wildman–Crippen LogP) is 11.0. The van der Waals surface area contributed by atoms with E-state index in [1.54, 1.807) is 0 Å². The van der Waals surface area contributed by atoms with Crippen molar-refractivity contribution >= 4 is 16.6 Å². The third-order valence-electron chi connectivity index (χ3n) is 7.18. The molecule has 4 rings (SSSR count). The van der Waals surface area contributed by atoms with Gasteiger partial charge in [0, 0.05) is 37.0 Å². The summed E-state index contributed by atoms with van der Waals surface area (Å²) < 4.78 is 0. The van der Waals surface area contributed by atoms with Crippen molar-refractivity contribution in [1.82, 2.24) is 0 Å². The second-order valence-corrected chi connectivity index (χ2v) is 14.1. The molecule has 1 N–H and O–H groups in total. The van der Waals surface area contributed by atoms with E-state index in [0.29, 0.717) is 5.92 Å². The van der Waals surface area contributed by atoms with Crippen molar-refractivity contribution in [2.45, 2.75) is 82.6 Å². The van der Waals surface area contributed by atoms with Gasteiger partial charge in [0.05, 0.1) is 0 Å². The fraction of sp³-hybridized carbons (Fsp3) is 0.375. The summed E-state index contributed by atoms with van der Waals surface area (Å²) >= 11 is 0. The SMILES string of the molecule is CC(C)(C)C(=O)/C=C(\O)C(C)(C)C.Cc1[c-]c(-c2[c-]c3ccc(-c4ccc(C)cc4)cc3c(CC(C)C)c2)cc(C)c1.[Ir]. The van der Waals surface area contributed by atoms with Crippen LogP contribution in [0, 0.1) is 49.7 Å². The summed E-state index contributed by atoms with van der Waals surface area (Å²) in [7, 11) is 0.